The van der Waals surface area contributed by atoms with Gasteiger partial charge >= 0.3 is 27.7 Å². The number of rotatable bonds is 5. The molecule has 0 spiro atoms. The fourth-order valence-corrected chi connectivity index (χ4v) is 4.45. The van der Waals surface area contributed by atoms with Gasteiger partial charge in [0.05, 0.1) is 0 Å². The molecule has 0 aliphatic heterocycles. The van der Waals surface area contributed by atoms with E-state index in [1.807, 2.05) is 0 Å². The van der Waals surface area contributed by atoms with Crippen LogP contribution >= 0.6 is 17.5 Å². The van der Waals surface area contributed by atoms with E-state index in [0.29, 0.717) is 0 Å². The van der Waals surface area contributed by atoms with Crippen molar-refractivity contribution < 1.29 is 18.2 Å². The van der Waals surface area contributed by atoms with Gasteiger partial charge in [-0.1, -0.05) is 74.0 Å². The summed E-state index contributed by atoms with van der Waals surface area (Å²) >= 11 is 2.22. The average molecular weight is 384 g/mol. The molecule has 105 valence electrons. The van der Waals surface area contributed by atoms with Crippen LogP contribution in [0.1, 0.15) is 19.8 Å². The molecule has 2 aromatic rings. The summed E-state index contributed by atoms with van der Waals surface area (Å²) in [6.45, 7) is 2.27. The fourth-order valence-electron chi connectivity index (χ4n) is 1.94. The Kier molecular flexibility index (Phi) is 9.41. The van der Waals surface area contributed by atoms with Crippen molar-refractivity contribution in [1.82, 2.24) is 0 Å². The predicted molar refractivity (Wildman–Crippen MR) is 84.7 cm³/mol. The van der Waals surface area contributed by atoms with Crippen LogP contribution in [0.25, 0.3) is 0 Å². The summed E-state index contributed by atoms with van der Waals surface area (Å²) in [5.74, 6) is 0. The Morgan fingerprint density at radius 1 is 0.842 bits per heavy atom. The molecule has 0 bridgehead atoms. The topological polar surface area (TPSA) is 0 Å². The van der Waals surface area contributed by atoms with Gasteiger partial charge in [-0.3, -0.25) is 0 Å². The van der Waals surface area contributed by atoms with Crippen LogP contribution < -0.4 is 10.6 Å². The molecule has 3 heteroatoms. The van der Waals surface area contributed by atoms with Crippen molar-refractivity contribution >= 4 is 28.1 Å². The number of hydrogen-bond acceptors (Lipinski definition) is 0. The first-order valence-electron chi connectivity index (χ1n) is 6.41. The summed E-state index contributed by atoms with van der Waals surface area (Å²) in [4.78, 5) is 0. The molecule has 0 unspecified atom stereocenters. The SMILES string of the molecule is CCCCP(c1ccccc1)c1ccccc1.[Cl][Pd]. The summed E-state index contributed by atoms with van der Waals surface area (Å²) in [6.07, 6.45) is 3.90. The second-order valence-electron chi connectivity index (χ2n) is 4.18. The number of halogens is 1. The second kappa shape index (κ2) is 10.6. The van der Waals surface area contributed by atoms with Gasteiger partial charge < -0.3 is 0 Å². The normalized spacial score (nSPS) is 9.95. The Morgan fingerprint density at radius 3 is 1.63 bits per heavy atom. The van der Waals surface area contributed by atoms with Crippen LogP contribution in [0, 0.1) is 0 Å². The molecule has 0 amide bonds. The molecule has 0 nitrogen and oxygen atoms in total. The zero-order valence-corrected chi connectivity index (χ0v) is 14.2. The van der Waals surface area contributed by atoms with Crippen molar-refractivity contribution in [3.8, 4) is 0 Å². The molecule has 0 N–H and O–H groups in total. The summed E-state index contributed by atoms with van der Waals surface area (Å²) in [6, 6.07) is 21.9. The Labute approximate surface area is 132 Å². The Bertz CT molecular complexity index is 394. The van der Waals surface area contributed by atoms with Crippen molar-refractivity contribution in [1.29, 1.82) is 0 Å². The Morgan fingerprint density at radius 2 is 1.26 bits per heavy atom. The van der Waals surface area contributed by atoms with E-state index in [1.165, 1.54) is 29.6 Å². The third kappa shape index (κ3) is 5.76. The van der Waals surface area contributed by atoms with Crippen LogP contribution in [-0.2, 0) is 18.2 Å². The van der Waals surface area contributed by atoms with Gasteiger partial charge in [0, 0.05) is 0 Å². The molecule has 0 aromatic heterocycles. The van der Waals surface area contributed by atoms with Crippen molar-refractivity contribution in [3.05, 3.63) is 60.7 Å². The molecule has 0 saturated carbocycles. The minimum atomic E-state index is -0.157. The third-order valence-electron chi connectivity index (χ3n) is 2.87. The first kappa shape index (κ1) is 16.9. The van der Waals surface area contributed by atoms with Gasteiger partial charge in [-0.2, -0.15) is 0 Å². The monoisotopic (exact) mass is 383 g/mol. The van der Waals surface area contributed by atoms with E-state index in [9.17, 15) is 0 Å². The van der Waals surface area contributed by atoms with E-state index < -0.39 is 0 Å². The fraction of sp³-hybridized carbons (Fsp3) is 0.250. The van der Waals surface area contributed by atoms with Crippen LogP contribution in [0.5, 0.6) is 0 Å². The van der Waals surface area contributed by atoms with Gasteiger partial charge in [0.15, 0.2) is 0 Å². The Hall–Kier alpha value is -0.178. The number of benzene rings is 2. The van der Waals surface area contributed by atoms with Crippen molar-refractivity contribution in [2.24, 2.45) is 0 Å². The molecule has 0 heterocycles. The van der Waals surface area contributed by atoms with E-state index in [4.69, 9.17) is 0 Å². The maximum absolute atomic E-state index is 4.49. The second-order valence-corrected chi connectivity index (χ2v) is 6.51. The zero-order chi connectivity index (χ0) is 13.9. The zero-order valence-electron chi connectivity index (χ0n) is 11.0. The van der Waals surface area contributed by atoms with Gasteiger partial charge in [0.25, 0.3) is 0 Å². The van der Waals surface area contributed by atoms with Gasteiger partial charge in [-0.25, -0.2) is 0 Å². The Balaban J connectivity index is 0.000000861. The molecule has 19 heavy (non-hydrogen) atoms. The van der Waals surface area contributed by atoms with Gasteiger partial charge in [-0.05, 0) is 31.1 Å². The van der Waals surface area contributed by atoms with Crippen LogP contribution in [0.15, 0.2) is 60.7 Å². The van der Waals surface area contributed by atoms with E-state index in [1.54, 1.807) is 0 Å². The first-order chi connectivity index (χ1) is 9.42. The minimum absolute atomic E-state index is 0.157. The van der Waals surface area contributed by atoms with Crippen LogP contribution in [0.3, 0.4) is 0 Å². The quantitative estimate of drug-likeness (QED) is 0.522. The van der Waals surface area contributed by atoms with Gasteiger partial charge in [-0.15, -0.1) is 0 Å². The van der Waals surface area contributed by atoms with Gasteiger partial charge in [0.2, 0.25) is 0 Å². The summed E-state index contributed by atoms with van der Waals surface area (Å²) in [7, 11) is 4.33. The van der Waals surface area contributed by atoms with Gasteiger partial charge in [0.1, 0.15) is 0 Å². The van der Waals surface area contributed by atoms with E-state index >= 15 is 0 Å². The third-order valence-corrected chi connectivity index (χ3v) is 5.48. The van der Waals surface area contributed by atoms with Crippen molar-refractivity contribution in [3.63, 3.8) is 0 Å². The summed E-state index contributed by atoms with van der Waals surface area (Å²) in [5, 5.41) is 3.00. The first-order valence-corrected chi connectivity index (χ1v) is 9.94. The predicted octanol–water partition coefficient (Wildman–Crippen LogP) is 4.61. The van der Waals surface area contributed by atoms with E-state index in [-0.39, 0.29) is 7.92 Å². The molecular weight excluding hydrogens is 365 g/mol. The maximum atomic E-state index is 4.49. The molecule has 0 aliphatic carbocycles. The van der Waals surface area contributed by atoms with E-state index in [2.05, 4.69) is 95.3 Å². The van der Waals surface area contributed by atoms with Crippen molar-refractivity contribution in [2.45, 2.75) is 19.8 Å². The molecule has 2 rings (SSSR count). The van der Waals surface area contributed by atoms with Crippen LogP contribution in [0.2, 0.25) is 0 Å². The molecule has 0 fully saturated rings. The van der Waals surface area contributed by atoms with E-state index in [0.717, 1.165) is 0 Å². The van der Waals surface area contributed by atoms with Crippen LogP contribution in [0.4, 0.5) is 0 Å². The molecular formula is C16H19ClPPd. The molecule has 0 aliphatic rings. The molecule has 0 atom stereocenters. The van der Waals surface area contributed by atoms with Crippen LogP contribution in [-0.4, -0.2) is 6.16 Å². The molecule has 2 aromatic carbocycles. The number of hydrogen-bond donors (Lipinski definition) is 0. The standard InChI is InChI=1S/C16H19P.ClH.Pd/c1-2-3-14-17(15-10-6-4-7-11-15)16-12-8-5-9-13-16;;/h4-13H,2-3,14H2,1H3;1H;/q;;+1/p-1. The molecule has 0 radical (unpaired) electrons. The number of unbranched alkanes of at least 4 members (excludes halogenated alkanes) is 1. The summed E-state index contributed by atoms with van der Waals surface area (Å²) in [5.41, 5.74) is 0. The van der Waals surface area contributed by atoms with Crippen molar-refractivity contribution in [2.75, 3.05) is 6.16 Å². The summed E-state index contributed by atoms with van der Waals surface area (Å²) < 4.78 is 0. The average Bonchev–Trinajstić information content (AvgIpc) is 2.52. The molecule has 0 saturated heterocycles.